The Balaban J connectivity index is 1.53. The van der Waals surface area contributed by atoms with Gasteiger partial charge in [0.05, 0.1) is 5.41 Å². The molecule has 0 amide bonds. The Labute approximate surface area is 263 Å². The first kappa shape index (κ1) is 25.7. The molecule has 0 fully saturated rings. The van der Waals surface area contributed by atoms with Gasteiger partial charge in [-0.05, 0) is 89.3 Å². The standard InChI is InChI=1S/C45H30/c1-5-17-31(18-6-1)43-36-26-13-14-27-37(36)44(32-19-7-2-8-20-32)40-30-42-38(29-39(40)43)35-25-15-16-28-41(35)45(42,33-21-9-3-10-22-33)34-23-11-4-12-24-34/h1-30H. The summed E-state index contributed by atoms with van der Waals surface area (Å²) >= 11 is 0. The zero-order valence-corrected chi connectivity index (χ0v) is 24.8. The second kappa shape index (κ2) is 10.2. The average molecular weight is 571 g/mol. The predicted molar refractivity (Wildman–Crippen MR) is 190 cm³/mol. The first-order chi connectivity index (χ1) is 22.4. The highest BCUT2D eigenvalue weighted by Crippen LogP contribution is 2.58. The van der Waals surface area contributed by atoms with Gasteiger partial charge in [0.1, 0.15) is 0 Å². The average Bonchev–Trinajstić information content (AvgIpc) is 3.41. The zero-order chi connectivity index (χ0) is 29.8. The molecule has 1 aliphatic carbocycles. The number of fused-ring (bicyclic) bond motifs is 5. The topological polar surface area (TPSA) is 0 Å². The minimum atomic E-state index is -0.449. The fraction of sp³-hybridized carbons (Fsp3) is 0.0222. The van der Waals surface area contributed by atoms with Crippen molar-refractivity contribution < 1.29 is 0 Å². The molecule has 45 heavy (non-hydrogen) atoms. The second-order valence-corrected chi connectivity index (χ2v) is 12.0. The molecule has 9 rings (SSSR count). The van der Waals surface area contributed by atoms with Crippen molar-refractivity contribution in [3.63, 3.8) is 0 Å². The van der Waals surface area contributed by atoms with Gasteiger partial charge in [0.15, 0.2) is 0 Å². The molecule has 0 nitrogen and oxygen atoms in total. The summed E-state index contributed by atoms with van der Waals surface area (Å²) in [5.41, 5.74) is 12.4. The van der Waals surface area contributed by atoms with Crippen molar-refractivity contribution in [1.82, 2.24) is 0 Å². The summed E-state index contributed by atoms with van der Waals surface area (Å²) in [6.45, 7) is 0. The van der Waals surface area contributed by atoms with E-state index in [1.54, 1.807) is 0 Å². The van der Waals surface area contributed by atoms with Crippen LogP contribution >= 0.6 is 0 Å². The van der Waals surface area contributed by atoms with E-state index in [2.05, 4.69) is 182 Å². The van der Waals surface area contributed by atoms with Crippen LogP contribution in [0.25, 0.3) is 54.9 Å². The fourth-order valence-electron chi connectivity index (χ4n) is 7.94. The van der Waals surface area contributed by atoms with Crippen LogP contribution in [0, 0.1) is 0 Å². The van der Waals surface area contributed by atoms with Crippen LogP contribution in [0.1, 0.15) is 22.3 Å². The number of benzene rings is 8. The lowest BCUT2D eigenvalue weighted by Crippen LogP contribution is -2.28. The summed E-state index contributed by atoms with van der Waals surface area (Å²) < 4.78 is 0. The SMILES string of the molecule is c1ccc(-c2c3ccccc3c(-c3ccccc3)c3cc4c(cc23)-c2ccccc2C4(c2ccccc2)c2ccccc2)cc1. The summed E-state index contributed by atoms with van der Waals surface area (Å²) in [4.78, 5) is 0. The summed E-state index contributed by atoms with van der Waals surface area (Å²) in [7, 11) is 0. The van der Waals surface area contributed by atoms with Gasteiger partial charge in [-0.3, -0.25) is 0 Å². The van der Waals surface area contributed by atoms with Crippen molar-refractivity contribution in [3.8, 4) is 33.4 Å². The summed E-state index contributed by atoms with van der Waals surface area (Å²) in [5, 5.41) is 5.11. The predicted octanol–water partition coefficient (Wildman–Crippen LogP) is 11.7. The molecular weight excluding hydrogens is 540 g/mol. The monoisotopic (exact) mass is 570 g/mol. The zero-order valence-electron chi connectivity index (χ0n) is 24.8. The molecule has 8 aromatic carbocycles. The summed E-state index contributed by atoms with van der Waals surface area (Å²) in [6.07, 6.45) is 0. The molecule has 210 valence electrons. The van der Waals surface area contributed by atoms with Gasteiger partial charge in [-0.15, -0.1) is 0 Å². The van der Waals surface area contributed by atoms with Gasteiger partial charge < -0.3 is 0 Å². The van der Waals surface area contributed by atoms with E-state index < -0.39 is 5.41 Å². The third kappa shape index (κ3) is 3.73. The van der Waals surface area contributed by atoms with E-state index in [0.29, 0.717) is 0 Å². The van der Waals surface area contributed by atoms with E-state index >= 15 is 0 Å². The van der Waals surface area contributed by atoms with E-state index in [-0.39, 0.29) is 0 Å². The summed E-state index contributed by atoms with van der Waals surface area (Å²) in [6, 6.07) is 67.0. The highest BCUT2D eigenvalue weighted by Gasteiger charge is 2.46. The molecule has 0 aromatic heterocycles. The molecule has 1 aliphatic rings. The number of hydrogen-bond acceptors (Lipinski definition) is 0. The van der Waals surface area contributed by atoms with Gasteiger partial charge in [0, 0.05) is 0 Å². The maximum absolute atomic E-state index is 2.53. The molecule has 0 saturated carbocycles. The lowest BCUT2D eigenvalue weighted by atomic mass is 9.67. The first-order valence-electron chi connectivity index (χ1n) is 15.7. The smallest absolute Gasteiger partial charge is 0.0622 e. The Morgan fingerprint density at radius 2 is 0.711 bits per heavy atom. The minimum Gasteiger partial charge on any atom is -0.0622 e. The molecule has 0 radical (unpaired) electrons. The van der Waals surface area contributed by atoms with E-state index in [1.165, 1.54) is 77.2 Å². The van der Waals surface area contributed by atoms with Crippen molar-refractivity contribution in [2.45, 2.75) is 5.41 Å². The van der Waals surface area contributed by atoms with Crippen LogP contribution in [0.3, 0.4) is 0 Å². The van der Waals surface area contributed by atoms with Crippen LogP contribution in [0.4, 0.5) is 0 Å². The molecule has 8 aromatic rings. The van der Waals surface area contributed by atoms with Crippen molar-refractivity contribution >= 4 is 21.5 Å². The van der Waals surface area contributed by atoms with E-state index in [9.17, 15) is 0 Å². The Kier molecular flexibility index (Phi) is 5.83. The van der Waals surface area contributed by atoms with Gasteiger partial charge in [-0.25, -0.2) is 0 Å². The Morgan fingerprint density at radius 1 is 0.289 bits per heavy atom. The number of hydrogen-bond donors (Lipinski definition) is 0. The van der Waals surface area contributed by atoms with Crippen LogP contribution in [0.2, 0.25) is 0 Å². The number of rotatable bonds is 4. The maximum Gasteiger partial charge on any atom is 0.0713 e. The molecule has 0 atom stereocenters. The van der Waals surface area contributed by atoms with Crippen LogP contribution in [-0.2, 0) is 5.41 Å². The van der Waals surface area contributed by atoms with Gasteiger partial charge >= 0.3 is 0 Å². The molecule has 0 spiro atoms. The normalized spacial score (nSPS) is 13.1. The largest absolute Gasteiger partial charge is 0.0713 e. The minimum absolute atomic E-state index is 0.449. The molecule has 0 heterocycles. The van der Waals surface area contributed by atoms with Crippen molar-refractivity contribution in [2.24, 2.45) is 0 Å². The van der Waals surface area contributed by atoms with Gasteiger partial charge in [-0.1, -0.05) is 170 Å². The Morgan fingerprint density at radius 3 is 1.24 bits per heavy atom. The van der Waals surface area contributed by atoms with E-state index in [0.717, 1.165) is 0 Å². The van der Waals surface area contributed by atoms with Crippen molar-refractivity contribution in [2.75, 3.05) is 0 Å². The molecule has 0 unspecified atom stereocenters. The van der Waals surface area contributed by atoms with Gasteiger partial charge in [0.2, 0.25) is 0 Å². The Hall–Kier alpha value is -5.72. The second-order valence-electron chi connectivity index (χ2n) is 12.0. The summed E-state index contributed by atoms with van der Waals surface area (Å²) in [5.74, 6) is 0. The lowest BCUT2D eigenvalue weighted by Gasteiger charge is -2.34. The van der Waals surface area contributed by atoms with Crippen molar-refractivity contribution in [3.05, 3.63) is 204 Å². The quantitative estimate of drug-likeness (QED) is 0.185. The van der Waals surface area contributed by atoms with Crippen LogP contribution in [-0.4, -0.2) is 0 Å². The highest BCUT2D eigenvalue weighted by molar-refractivity contribution is 6.22. The molecule has 0 bridgehead atoms. The van der Waals surface area contributed by atoms with Crippen LogP contribution < -0.4 is 0 Å². The Bertz CT molecular complexity index is 2300. The van der Waals surface area contributed by atoms with Gasteiger partial charge in [-0.2, -0.15) is 0 Å². The molecule has 0 heteroatoms. The molecule has 0 aliphatic heterocycles. The molecule has 0 saturated heterocycles. The van der Waals surface area contributed by atoms with Crippen LogP contribution in [0.5, 0.6) is 0 Å². The molecular formula is C45H30. The third-order valence-corrected chi connectivity index (χ3v) is 9.73. The van der Waals surface area contributed by atoms with Crippen LogP contribution in [0.15, 0.2) is 182 Å². The fourth-order valence-corrected chi connectivity index (χ4v) is 7.94. The first-order valence-corrected chi connectivity index (χ1v) is 15.7. The lowest BCUT2D eigenvalue weighted by molar-refractivity contribution is 0.769. The molecule has 0 N–H and O–H groups in total. The van der Waals surface area contributed by atoms with Gasteiger partial charge in [0.25, 0.3) is 0 Å². The third-order valence-electron chi connectivity index (χ3n) is 9.73. The highest BCUT2D eigenvalue weighted by atomic mass is 14.5. The maximum atomic E-state index is 2.53. The van der Waals surface area contributed by atoms with Crippen molar-refractivity contribution in [1.29, 1.82) is 0 Å². The van der Waals surface area contributed by atoms with E-state index in [4.69, 9.17) is 0 Å². The van der Waals surface area contributed by atoms with E-state index in [1.807, 2.05) is 0 Å².